The van der Waals surface area contributed by atoms with Crippen LogP contribution in [0.4, 0.5) is 0 Å². The molecule has 0 amide bonds. The third-order valence-electron chi connectivity index (χ3n) is 5.28. The van der Waals surface area contributed by atoms with E-state index in [1.54, 1.807) is 25.0 Å². The highest BCUT2D eigenvalue weighted by Crippen LogP contribution is 2.50. The van der Waals surface area contributed by atoms with Gasteiger partial charge in [0.2, 0.25) is 17.5 Å². The van der Waals surface area contributed by atoms with Crippen LogP contribution >= 0.6 is 0 Å². The summed E-state index contributed by atoms with van der Waals surface area (Å²) < 4.78 is 24.2. The van der Waals surface area contributed by atoms with Crippen LogP contribution in [0.1, 0.15) is 22.7 Å². The van der Waals surface area contributed by atoms with Gasteiger partial charge in [-0.05, 0) is 25.1 Å². The molecule has 0 fully saturated rings. The standard InChI is InChI=1S/C23H22N4O4/c1-13-18-19(15-10-11-17(28-2)21(30-4)20(15)29-3)16(12-24)22(25)31-23(18)27(26-13)14-8-6-5-7-9-14/h5-11,19H,25H2,1-4H3. The van der Waals surface area contributed by atoms with Crippen LogP contribution in [0.2, 0.25) is 0 Å². The molecule has 8 nitrogen and oxygen atoms in total. The third kappa shape index (κ3) is 3.11. The number of rotatable bonds is 5. The minimum atomic E-state index is -0.555. The lowest BCUT2D eigenvalue weighted by molar-refractivity contribution is 0.320. The molecule has 2 N–H and O–H groups in total. The van der Waals surface area contributed by atoms with Gasteiger partial charge < -0.3 is 24.7 Å². The smallest absolute Gasteiger partial charge is 0.229 e. The van der Waals surface area contributed by atoms with E-state index < -0.39 is 5.92 Å². The lowest BCUT2D eigenvalue weighted by Crippen LogP contribution is -2.22. The van der Waals surface area contributed by atoms with Crippen LogP contribution in [0.3, 0.4) is 0 Å². The molecule has 3 aromatic rings. The van der Waals surface area contributed by atoms with Crippen molar-refractivity contribution in [3.8, 4) is 34.9 Å². The molecule has 2 aromatic carbocycles. The maximum Gasteiger partial charge on any atom is 0.229 e. The highest BCUT2D eigenvalue weighted by Gasteiger charge is 2.38. The second-order valence-electron chi connectivity index (χ2n) is 6.90. The molecule has 1 aliphatic rings. The number of hydrogen-bond donors (Lipinski definition) is 1. The van der Waals surface area contributed by atoms with Gasteiger partial charge in [0, 0.05) is 5.56 Å². The fraction of sp³-hybridized carbons (Fsp3) is 0.217. The lowest BCUT2D eigenvalue weighted by Gasteiger charge is -2.27. The predicted octanol–water partition coefficient (Wildman–Crippen LogP) is 3.42. The number of nitriles is 1. The Morgan fingerprint density at radius 3 is 2.35 bits per heavy atom. The van der Waals surface area contributed by atoms with Crippen LogP contribution in [-0.2, 0) is 0 Å². The van der Waals surface area contributed by atoms with E-state index >= 15 is 0 Å². The van der Waals surface area contributed by atoms with Gasteiger partial charge in [-0.1, -0.05) is 24.3 Å². The number of aryl methyl sites for hydroxylation is 1. The van der Waals surface area contributed by atoms with Gasteiger partial charge in [0.25, 0.3) is 0 Å². The van der Waals surface area contributed by atoms with Crippen LogP contribution in [0.25, 0.3) is 5.69 Å². The summed E-state index contributed by atoms with van der Waals surface area (Å²) in [6.45, 7) is 1.87. The molecule has 1 unspecified atom stereocenters. The molecule has 1 aliphatic heterocycles. The van der Waals surface area contributed by atoms with E-state index in [1.807, 2.05) is 43.3 Å². The fourth-order valence-corrected chi connectivity index (χ4v) is 3.92. The molecular weight excluding hydrogens is 396 g/mol. The summed E-state index contributed by atoms with van der Waals surface area (Å²) in [5, 5.41) is 14.6. The average molecular weight is 418 g/mol. The Bertz CT molecular complexity index is 1210. The zero-order valence-corrected chi connectivity index (χ0v) is 17.7. The average Bonchev–Trinajstić information content (AvgIpc) is 3.13. The van der Waals surface area contributed by atoms with E-state index in [1.165, 1.54) is 7.11 Å². The summed E-state index contributed by atoms with van der Waals surface area (Å²) in [4.78, 5) is 0. The largest absolute Gasteiger partial charge is 0.493 e. The van der Waals surface area contributed by atoms with E-state index in [4.69, 9.17) is 24.7 Å². The number of hydrogen-bond acceptors (Lipinski definition) is 7. The third-order valence-corrected chi connectivity index (χ3v) is 5.28. The monoisotopic (exact) mass is 418 g/mol. The number of benzene rings is 2. The molecule has 0 saturated heterocycles. The SMILES string of the molecule is COc1ccc(C2C(C#N)=C(N)Oc3c2c(C)nn3-c2ccccc2)c(OC)c1OC. The minimum absolute atomic E-state index is 0.0221. The molecule has 0 bridgehead atoms. The van der Waals surface area contributed by atoms with Crippen LogP contribution in [0, 0.1) is 18.3 Å². The number of aromatic nitrogens is 2. The first-order valence-corrected chi connectivity index (χ1v) is 9.57. The van der Waals surface area contributed by atoms with Gasteiger partial charge in [0.05, 0.1) is 44.2 Å². The maximum absolute atomic E-state index is 9.93. The fourth-order valence-electron chi connectivity index (χ4n) is 3.92. The van der Waals surface area contributed by atoms with Crippen molar-refractivity contribution >= 4 is 0 Å². The first-order valence-electron chi connectivity index (χ1n) is 9.57. The Labute approximate surface area is 180 Å². The summed E-state index contributed by atoms with van der Waals surface area (Å²) in [6.07, 6.45) is 0. The molecule has 31 heavy (non-hydrogen) atoms. The molecule has 0 spiro atoms. The van der Waals surface area contributed by atoms with E-state index in [-0.39, 0.29) is 11.5 Å². The van der Waals surface area contributed by atoms with Crippen molar-refractivity contribution in [1.82, 2.24) is 9.78 Å². The van der Waals surface area contributed by atoms with Gasteiger partial charge in [-0.3, -0.25) is 0 Å². The Kier molecular flexibility index (Phi) is 5.17. The first-order chi connectivity index (χ1) is 15.0. The predicted molar refractivity (Wildman–Crippen MR) is 114 cm³/mol. The Morgan fingerprint density at radius 1 is 1.03 bits per heavy atom. The van der Waals surface area contributed by atoms with E-state index in [0.29, 0.717) is 34.4 Å². The van der Waals surface area contributed by atoms with E-state index in [2.05, 4.69) is 11.2 Å². The zero-order valence-electron chi connectivity index (χ0n) is 17.7. The van der Waals surface area contributed by atoms with Crippen molar-refractivity contribution in [1.29, 1.82) is 5.26 Å². The molecular formula is C23H22N4O4. The number of fused-ring (bicyclic) bond motifs is 1. The number of allylic oxidation sites excluding steroid dienone is 1. The van der Waals surface area contributed by atoms with Crippen molar-refractivity contribution in [2.24, 2.45) is 5.73 Å². The Hall–Kier alpha value is -4.12. The molecule has 2 heterocycles. The summed E-state index contributed by atoms with van der Waals surface area (Å²) in [7, 11) is 4.63. The van der Waals surface area contributed by atoms with E-state index in [0.717, 1.165) is 11.3 Å². The van der Waals surface area contributed by atoms with Crippen molar-refractivity contribution in [2.75, 3.05) is 21.3 Å². The minimum Gasteiger partial charge on any atom is -0.493 e. The van der Waals surface area contributed by atoms with Crippen molar-refractivity contribution in [3.05, 3.63) is 70.7 Å². The molecule has 0 radical (unpaired) electrons. The van der Waals surface area contributed by atoms with Gasteiger partial charge in [-0.2, -0.15) is 10.4 Å². The van der Waals surface area contributed by atoms with Gasteiger partial charge in [-0.15, -0.1) is 0 Å². The Balaban J connectivity index is 2.01. The van der Waals surface area contributed by atoms with Crippen LogP contribution < -0.4 is 24.7 Å². The quantitative estimate of drug-likeness (QED) is 0.677. The summed E-state index contributed by atoms with van der Waals surface area (Å²) in [5.41, 5.74) is 9.43. The van der Waals surface area contributed by atoms with Crippen LogP contribution in [0.5, 0.6) is 23.1 Å². The first kappa shape index (κ1) is 20.2. The number of nitrogens with zero attached hydrogens (tertiary/aromatic N) is 3. The number of nitrogens with two attached hydrogens (primary N) is 1. The second kappa shape index (κ2) is 7.95. The number of ether oxygens (including phenoxy) is 4. The molecule has 0 aliphatic carbocycles. The molecule has 1 atom stereocenters. The van der Waals surface area contributed by atoms with Crippen molar-refractivity contribution in [2.45, 2.75) is 12.8 Å². The normalized spacial score (nSPS) is 15.0. The highest BCUT2D eigenvalue weighted by atomic mass is 16.5. The molecule has 8 heteroatoms. The van der Waals surface area contributed by atoms with Crippen LogP contribution in [0.15, 0.2) is 53.9 Å². The van der Waals surface area contributed by atoms with Gasteiger partial charge in [-0.25, -0.2) is 4.68 Å². The maximum atomic E-state index is 9.93. The van der Waals surface area contributed by atoms with Crippen LogP contribution in [-0.4, -0.2) is 31.1 Å². The molecule has 158 valence electrons. The van der Waals surface area contributed by atoms with E-state index in [9.17, 15) is 5.26 Å². The van der Waals surface area contributed by atoms with Gasteiger partial charge in [0.1, 0.15) is 11.6 Å². The second-order valence-corrected chi connectivity index (χ2v) is 6.90. The summed E-state index contributed by atoms with van der Waals surface area (Å²) in [6, 6.07) is 15.4. The van der Waals surface area contributed by atoms with Crippen molar-refractivity contribution in [3.63, 3.8) is 0 Å². The number of methoxy groups -OCH3 is 3. The highest BCUT2D eigenvalue weighted by molar-refractivity contribution is 5.64. The topological polar surface area (TPSA) is 105 Å². The number of para-hydroxylation sites is 1. The zero-order chi connectivity index (χ0) is 22.1. The summed E-state index contributed by atoms with van der Waals surface area (Å²) in [5.74, 6) is 1.33. The lowest BCUT2D eigenvalue weighted by atomic mass is 9.83. The van der Waals surface area contributed by atoms with Gasteiger partial charge >= 0.3 is 0 Å². The summed E-state index contributed by atoms with van der Waals surface area (Å²) >= 11 is 0. The van der Waals surface area contributed by atoms with Crippen molar-refractivity contribution < 1.29 is 18.9 Å². The molecule has 1 aromatic heterocycles. The van der Waals surface area contributed by atoms with Gasteiger partial charge in [0.15, 0.2) is 11.5 Å². The molecule has 0 saturated carbocycles. The molecule has 4 rings (SSSR count). The Morgan fingerprint density at radius 2 is 1.74 bits per heavy atom.